The van der Waals surface area contributed by atoms with Gasteiger partial charge in [-0.2, -0.15) is 0 Å². The third kappa shape index (κ3) is 2.32. The van der Waals surface area contributed by atoms with E-state index in [2.05, 4.69) is 15.9 Å². The van der Waals surface area contributed by atoms with E-state index in [0.717, 1.165) is 0 Å². The molecule has 0 bridgehead atoms. The summed E-state index contributed by atoms with van der Waals surface area (Å²) in [5.41, 5.74) is 5.54. The van der Waals surface area contributed by atoms with Crippen molar-refractivity contribution in [2.24, 2.45) is 0 Å². The molecule has 1 heterocycles. The van der Waals surface area contributed by atoms with Crippen molar-refractivity contribution >= 4 is 33.5 Å². The number of carbonyl (C=O) groups excluding carboxylic acids is 1. The fourth-order valence-electron chi connectivity index (χ4n) is 2.33. The fraction of sp³-hybridized carbons (Fsp3) is 0.385. The van der Waals surface area contributed by atoms with Crippen LogP contribution >= 0.6 is 15.9 Å². The van der Waals surface area contributed by atoms with Gasteiger partial charge in [0.1, 0.15) is 5.54 Å². The van der Waals surface area contributed by atoms with Crippen LogP contribution in [0.15, 0.2) is 22.7 Å². The molecule has 0 radical (unpaired) electrons. The third-order valence-electron chi connectivity index (χ3n) is 3.59. The van der Waals surface area contributed by atoms with Gasteiger partial charge in [0.15, 0.2) is 0 Å². The first-order valence-corrected chi connectivity index (χ1v) is 6.76. The van der Waals surface area contributed by atoms with Crippen LogP contribution in [0.1, 0.15) is 30.1 Å². The standard InChI is InChI=1S/C13H15BrN2O3/c1-13(12(18)19)5-2-6-16(13)11(17)8-3-4-10(15)9(14)7-8/h3-4,7H,2,5-6,15H2,1H3,(H,18,19). The molecule has 3 N–H and O–H groups in total. The predicted octanol–water partition coefficient (Wildman–Crippen LogP) is 2.11. The number of amides is 1. The van der Waals surface area contributed by atoms with Gasteiger partial charge in [-0.3, -0.25) is 4.79 Å². The largest absolute Gasteiger partial charge is 0.480 e. The molecule has 1 aliphatic heterocycles. The minimum atomic E-state index is -1.12. The van der Waals surface area contributed by atoms with Crippen molar-refractivity contribution in [1.82, 2.24) is 4.90 Å². The lowest BCUT2D eigenvalue weighted by Gasteiger charge is -2.31. The van der Waals surface area contributed by atoms with Crippen molar-refractivity contribution < 1.29 is 14.7 Å². The van der Waals surface area contributed by atoms with Gasteiger partial charge in [0.2, 0.25) is 0 Å². The van der Waals surface area contributed by atoms with E-state index >= 15 is 0 Å². The van der Waals surface area contributed by atoms with Crippen LogP contribution in [-0.4, -0.2) is 34.0 Å². The molecule has 0 spiro atoms. The van der Waals surface area contributed by atoms with E-state index in [1.807, 2.05) is 0 Å². The molecule has 6 heteroatoms. The molecule has 1 aromatic rings. The maximum Gasteiger partial charge on any atom is 0.329 e. The number of carbonyl (C=O) groups is 2. The van der Waals surface area contributed by atoms with E-state index in [0.29, 0.717) is 35.1 Å². The van der Waals surface area contributed by atoms with Gasteiger partial charge < -0.3 is 15.7 Å². The Kier molecular flexibility index (Phi) is 3.54. The minimum absolute atomic E-state index is 0.275. The Morgan fingerprint density at radius 1 is 1.47 bits per heavy atom. The van der Waals surface area contributed by atoms with Crippen molar-refractivity contribution in [2.75, 3.05) is 12.3 Å². The van der Waals surface area contributed by atoms with Crippen LogP contribution in [0.2, 0.25) is 0 Å². The Labute approximate surface area is 119 Å². The second-order valence-electron chi connectivity index (χ2n) is 4.88. The second-order valence-corrected chi connectivity index (χ2v) is 5.73. The van der Waals surface area contributed by atoms with Crippen LogP contribution in [0, 0.1) is 0 Å². The summed E-state index contributed by atoms with van der Waals surface area (Å²) >= 11 is 3.27. The number of nitrogens with zero attached hydrogens (tertiary/aromatic N) is 1. The first-order valence-electron chi connectivity index (χ1n) is 5.96. The second kappa shape index (κ2) is 4.85. The molecule has 1 atom stereocenters. The van der Waals surface area contributed by atoms with Crippen LogP contribution in [0.3, 0.4) is 0 Å². The fourth-order valence-corrected chi connectivity index (χ4v) is 2.71. The molecule has 1 aromatic carbocycles. The van der Waals surface area contributed by atoms with Gasteiger partial charge in [0.05, 0.1) is 0 Å². The molecule has 1 aliphatic rings. The molecule has 0 aliphatic carbocycles. The molecule has 5 nitrogen and oxygen atoms in total. The van der Waals surface area contributed by atoms with Crippen LogP contribution in [0.4, 0.5) is 5.69 Å². The summed E-state index contributed by atoms with van der Waals surface area (Å²) in [4.78, 5) is 25.2. The molecule has 1 amide bonds. The average molecular weight is 327 g/mol. The number of benzene rings is 1. The highest BCUT2D eigenvalue weighted by atomic mass is 79.9. The Morgan fingerprint density at radius 2 is 2.16 bits per heavy atom. The number of nitrogens with two attached hydrogens (primary N) is 1. The summed E-state index contributed by atoms with van der Waals surface area (Å²) in [6.45, 7) is 2.05. The van der Waals surface area contributed by atoms with E-state index in [9.17, 15) is 14.7 Å². The number of nitrogen functional groups attached to an aromatic ring is 1. The first kappa shape index (κ1) is 13.9. The van der Waals surface area contributed by atoms with E-state index in [-0.39, 0.29) is 5.91 Å². The number of likely N-dealkylation sites (tertiary alicyclic amines) is 1. The van der Waals surface area contributed by atoms with Gasteiger partial charge in [-0.15, -0.1) is 0 Å². The monoisotopic (exact) mass is 326 g/mol. The van der Waals surface area contributed by atoms with Crippen molar-refractivity contribution in [3.63, 3.8) is 0 Å². The lowest BCUT2D eigenvalue weighted by Crippen LogP contribution is -2.50. The number of anilines is 1. The van der Waals surface area contributed by atoms with E-state index in [1.54, 1.807) is 25.1 Å². The minimum Gasteiger partial charge on any atom is -0.480 e. The van der Waals surface area contributed by atoms with E-state index in [1.165, 1.54) is 4.90 Å². The van der Waals surface area contributed by atoms with Crippen molar-refractivity contribution in [3.05, 3.63) is 28.2 Å². The smallest absolute Gasteiger partial charge is 0.329 e. The summed E-state index contributed by atoms with van der Waals surface area (Å²) in [6, 6.07) is 4.87. The topological polar surface area (TPSA) is 83.6 Å². The Balaban J connectivity index is 2.33. The summed E-state index contributed by atoms with van der Waals surface area (Å²) in [6.07, 6.45) is 1.18. The zero-order valence-corrected chi connectivity index (χ0v) is 12.1. The highest BCUT2D eigenvalue weighted by Gasteiger charge is 2.46. The first-order chi connectivity index (χ1) is 8.86. The normalized spacial score (nSPS) is 22.5. The van der Waals surface area contributed by atoms with Crippen LogP contribution in [0.5, 0.6) is 0 Å². The van der Waals surface area contributed by atoms with Crippen LogP contribution in [0.25, 0.3) is 0 Å². The molecular formula is C13H15BrN2O3. The lowest BCUT2D eigenvalue weighted by molar-refractivity contribution is -0.147. The van der Waals surface area contributed by atoms with Gasteiger partial charge in [-0.05, 0) is 53.9 Å². The number of halogens is 1. The number of rotatable bonds is 2. The molecule has 1 fully saturated rings. The number of aliphatic carboxylic acids is 1. The highest BCUT2D eigenvalue weighted by molar-refractivity contribution is 9.10. The number of hydrogen-bond acceptors (Lipinski definition) is 3. The van der Waals surface area contributed by atoms with E-state index in [4.69, 9.17) is 5.73 Å². The van der Waals surface area contributed by atoms with Gasteiger partial charge in [0.25, 0.3) is 5.91 Å². The average Bonchev–Trinajstić information content (AvgIpc) is 2.75. The number of carboxylic acids is 1. The van der Waals surface area contributed by atoms with Crippen molar-refractivity contribution in [2.45, 2.75) is 25.3 Å². The predicted molar refractivity (Wildman–Crippen MR) is 74.9 cm³/mol. The zero-order valence-electron chi connectivity index (χ0n) is 10.5. The lowest BCUT2D eigenvalue weighted by atomic mass is 9.98. The molecule has 102 valence electrons. The van der Waals surface area contributed by atoms with Gasteiger partial charge >= 0.3 is 5.97 Å². The van der Waals surface area contributed by atoms with Gasteiger partial charge in [0, 0.05) is 22.3 Å². The quantitative estimate of drug-likeness (QED) is 0.815. The molecule has 1 saturated heterocycles. The number of carboxylic acid groups (broad SMARTS) is 1. The molecular weight excluding hydrogens is 312 g/mol. The highest BCUT2D eigenvalue weighted by Crippen LogP contribution is 2.31. The maximum atomic E-state index is 12.4. The maximum absolute atomic E-state index is 12.4. The summed E-state index contributed by atoms with van der Waals surface area (Å²) < 4.78 is 0.634. The molecule has 0 saturated carbocycles. The third-order valence-corrected chi connectivity index (χ3v) is 4.28. The zero-order chi connectivity index (χ0) is 14.2. The Hall–Kier alpha value is -1.56. The summed E-state index contributed by atoms with van der Waals surface area (Å²) in [5.74, 6) is -1.24. The van der Waals surface area contributed by atoms with Crippen molar-refractivity contribution in [1.29, 1.82) is 0 Å². The van der Waals surface area contributed by atoms with Crippen LogP contribution in [-0.2, 0) is 4.79 Å². The molecule has 1 unspecified atom stereocenters. The number of hydrogen-bond donors (Lipinski definition) is 2. The molecule has 19 heavy (non-hydrogen) atoms. The van der Waals surface area contributed by atoms with Gasteiger partial charge in [-0.1, -0.05) is 0 Å². The Bertz CT molecular complexity index is 547. The molecule has 0 aromatic heterocycles. The van der Waals surface area contributed by atoms with Gasteiger partial charge in [-0.25, -0.2) is 4.79 Å². The summed E-state index contributed by atoms with van der Waals surface area (Å²) in [5, 5.41) is 9.31. The SMILES string of the molecule is CC1(C(=O)O)CCCN1C(=O)c1ccc(N)c(Br)c1. The van der Waals surface area contributed by atoms with E-state index < -0.39 is 11.5 Å². The van der Waals surface area contributed by atoms with Crippen molar-refractivity contribution in [3.8, 4) is 0 Å². The summed E-state index contributed by atoms with van der Waals surface area (Å²) in [7, 11) is 0. The Morgan fingerprint density at radius 3 is 2.74 bits per heavy atom. The molecule has 2 rings (SSSR count). The van der Waals surface area contributed by atoms with Crippen LogP contribution < -0.4 is 5.73 Å².